The number of hydrogen-bond acceptors (Lipinski definition) is 4. The van der Waals surface area contributed by atoms with E-state index in [4.69, 9.17) is 9.47 Å². The number of rotatable bonds is 5. The van der Waals surface area contributed by atoms with Gasteiger partial charge in [-0.25, -0.2) is 0 Å². The molecule has 1 aromatic carbocycles. The average Bonchev–Trinajstić information content (AvgIpc) is 2.91. The van der Waals surface area contributed by atoms with Crippen LogP contribution in [0.2, 0.25) is 0 Å². The highest BCUT2D eigenvalue weighted by Gasteiger charge is 2.48. The fourth-order valence-corrected chi connectivity index (χ4v) is 4.70. The number of methoxy groups -OCH3 is 2. The number of benzene rings is 1. The van der Waals surface area contributed by atoms with Crippen molar-refractivity contribution < 1.29 is 14.6 Å². The fraction of sp³-hybridized carbons (Fsp3) is 0.619. The first-order valence-corrected chi connectivity index (χ1v) is 9.25. The largest absolute Gasteiger partial charge is 0.493 e. The molecule has 1 N–H and O–H groups in total. The number of likely N-dealkylation sites (tertiary alicyclic amines) is 1. The van der Waals surface area contributed by atoms with Crippen LogP contribution in [-0.4, -0.2) is 43.9 Å². The maximum Gasteiger partial charge on any atom is 0.161 e. The van der Waals surface area contributed by atoms with Crippen LogP contribution in [0.15, 0.2) is 30.0 Å². The van der Waals surface area contributed by atoms with Crippen molar-refractivity contribution in [3.05, 3.63) is 35.5 Å². The molecule has 0 unspecified atom stereocenters. The summed E-state index contributed by atoms with van der Waals surface area (Å²) in [7, 11) is 5.48. The highest BCUT2D eigenvalue weighted by molar-refractivity contribution is 5.49. The molecule has 1 saturated heterocycles. The first-order valence-electron chi connectivity index (χ1n) is 9.25. The van der Waals surface area contributed by atoms with Crippen LogP contribution < -0.4 is 9.47 Å². The Morgan fingerprint density at radius 3 is 2.60 bits per heavy atom. The van der Waals surface area contributed by atoms with Gasteiger partial charge in [0.15, 0.2) is 11.5 Å². The topological polar surface area (TPSA) is 41.9 Å². The Balaban J connectivity index is 2.06. The van der Waals surface area contributed by atoms with Gasteiger partial charge in [0.1, 0.15) is 0 Å². The Morgan fingerprint density at radius 1 is 1.24 bits per heavy atom. The molecule has 3 atom stereocenters. The van der Waals surface area contributed by atoms with Gasteiger partial charge in [-0.2, -0.15) is 0 Å². The number of nitrogens with zero attached hydrogens (tertiary/aromatic N) is 1. The van der Waals surface area contributed by atoms with E-state index in [2.05, 4.69) is 44.0 Å². The molecule has 25 heavy (non-hydrogen) atoms. The summed E-state index contributed by atoms with van der Waals surface area (Å²) in [5.74, 6) is 2.41. The van der Waals surface area contributed by atoms with Gasteiger partial charge in [-0.05, 0) is 54.9 Å². The minimum Gasteiger partial charge on any atom is -0.493 e. The van der Waals surface area contributed by atoms with Crippen molar-refractivity contribution in [3.63, 3.8) is 0 Å². The van der Waals surface area contributed by atoms with Crippen LogP contribution in [0, 0.1) is 11.8 Å². The summed E-state index contributed by atoms with van der Waals surface area (Å²) >= 11 is 0. The number of likely N-dealkylation sites (N-methyl/N-ethyl adjacent to an activating group) is 1. The van der Waals surface area contributed by atoms with Gasteiger partial charge in [0.2, 0.25) is 0 Å². The molecule has 0 spiro atoms. The molecule has 138 valence electrons. The van der Waals surface area contributed by atoms with Crippen LogP contribution in [0.4, 0.5) is 0 Å². The molecule has 1 aliphatic heterocycles. The van der Waals surface area contributed by atoms with Gasteiger partial charge in [0.25, 0.3) is 0 Å². The maximum atomic E-state index is 10.7. The highest BCUT2D eigenvalue weighted by atomic mass is 16.5. The molecule has 1 aromatic rings. The lowest BCUT2D eigenvalue weighted by Gasteiger charge is -2.42. The molecule has 3 rings (SSSR count). The predicted octanol–water partition coefficient (Wildman–Crippen LogP) is 3.59. The van der Waals surface area contributed by atoms with Crippen molar-refractivity contribution in [2.45, 2.75) is 44.6 Å². The Kier molecular flexibility index (Phi) is 5.01. The molecule has 4 heteroatoms. The molecule has 4 nitrogen and oxygen atoms in total. The van der Waals surface area contributed by atoms with Gasteiger partial charge in [-0.1, -0.05) is 19.9 Å². The lowest BCUT2D eigenvalue weighted by atomic mass is 9.65. The van der Waals surface area contributed by atoms with Crippen molar-refractivity contribution in [1.29, 1.82) is 0 Å². The molecule has 0 saturated carbocycles. The summed E-state index contributed by atoms with van der Waals surface area (Å²) in [4.78, 5) is 2.30. The summed E-state index contributed by atoms with van der Waals surface area (Å²) in [5.41, 5.74) is 2.49. The Bertz CT molecular complexity index is 655. The van der Waals surface area contributed by atoms with Gasteiger partial charge in [-0.3, -0.25) is 0 Å². The average molecular weight is 345 g/mol. The first-order chi connectivity index (χ1) is 11.9. The first kappa shape index (κ1) is 18.1. The van der Waals surface area contributed by atoms with Gasteiger partial charge in [0.05, 0.1) is 20.3 Å². The van der Waals surface area contributed by atoms with E-state index in [0.717, 1.165) is 37.3 Å². The third kappa shape index (κ3) is 3.12. The van der Waals surface area contributed by atoms with Gasteiger partial charge < -0.3 is 19.5 Å². The summed E-state index contributed by atoms with van der Waals surface area (Å²) in [6, 6.07) is 6.29. The van der Waals surface area contributed by atoms with E-state index in [1.165, 1.54) is 11.3 Å². The van der Waals surface area contributed by atoms with E-state index in [1.54, 1.807) is 14.2 Å². The van der Waals surface area contributed by atoms with Crippen LogP contribution >= 0.6 is 0 Å². The zero-order valence-corrected chi connectivity index (χ0v) is 16.1. The predicted molar refractivity (Wildman–Crippen MR) is 100 cm³/mol. The van der Waals surface area contributed by atoms with E-state index in [-0.39, 0.29) is 11.5 Å². The van der Waals surface area contributed by atoms with Crippen LogP contribution in [0.25, 0.3) is 0 Å². The number of ether oxygens (including phenoxy) is 2. The number of allylic oxidation sites excluding steroid dienone is 1. The Labute approximate surface area is 151 Å². The Hall–Kier alpha value is -1.68. The van der Waals surface area contributed by atoms with Crippen molar-refractivity contribution >= 4 is 0 Å². The summed E-state index contributed by atoms with van der Waals surface area (Å²) < 4.78 is 11.0. The second kappa shape index (κ2) is 6.91. The van der Waals surface area contributed by atoms with Crippen molar-refractivity contribution in [1.82, 2.24) is 4.90 Å². The zero-order chi connectivity index (χ0) is 18.2. The van der Waals surface area contributed by atoms with E-state index in [1.807, 2.05) is 6.07 Å². The molecular weight excluding hydrogens is 314 g/mol. The van der Waals surface area contributed by atoms with Crippen LogP contribution in [0.1, 0.15) is 38.7 Å². The molecule has 0 radical (unpaired) electrons. The van der Waals surface area contributed by atoms with E-state index < -0.39 is 0 Å². The monoisotopic (exact) mass is 345 g/mol. The quantitative estimate of drug-likeness (QED) is 0.885. The van der Waals surface area contributed by atoms with Gasteiger partial charge >= 0.3 is 0 Å². The van der Waals surface area contributed by atoms with Crippen LogP contribution in [0.5, 0.6) is 11.5 Å². The smallest absolute Gasteiger partial charge is 0.161 e. The number of fused-ring (bicyclic) bond motifs is 1. The van der Waals surface area contributed by atoms with Crippen molar-refractivity contribution in [3.8, 4) is 11.5 Å². The number of hydrogen-bond donors (Lipinski definition) is 1. The molecule has 1 fully saturated rings. The number of aliphatic hydroxyl groups is 1. The van der Waals surface area contributed by atoms with E-state index in [0.29, 0.717) is 11.8 Å². The second-order valence-corrected chi connectivity index (χ2v) is 7.96. The third-order valence-corrected chi connectivity index (χ3v) is 5.91. The maximum absolute atomic E-state index is 10.7. The molecule has 1 aliphatic carbocycles. The molecule has 0 amide bonds. The lowest BCUT2D eigenvalue weighted by Crippen LogP contribution is -2.39. The molecule has 0 aromatic heterocycles. The van der Waals surface area contributed by atoms with Gasteiger partial charge in [0, 0.05) is 24.7 Å². The highest BCUT2D eigenvalue weighted by Crippen LogP contribution is 2.52. The number of aliphatic hydroxyl groups excluding tert-OH is 1. The molecule has 0 bridgehead atoms. The summed E-state index contributed by atoms with van der Waals surface area (Å²) in [5, 5.41) is 10.7. The molecule has 2 aliphatic rings. The Morgan fingerprint density at radius 2 is 1.96 bits per heavy atom. The SMILES string of the molecule is COc1ccc([C@]23CCN(C)C2=C[C@H](O)[C@@H](CC(C)C)C3)cc1OC. The summed E-state index contributed by atoms with van der Waals surface area (Å²) in [6.07, 6.45) is 4.85. The standard InChI is InChI=1S/C21H31NO3/c1-14(2)10-15-13-21(8-9-22(3)20(21)12-17(15)23)16-6-7-18(24-4)19(11-16)25-5/h6-7,11-12,14-15,17,23H,8-10,13H2,1-5H3/t15-,17-,21+/m0/s1. The third-order valence-electron chi connectivity index (χ3n) is 5.91. The van der Waals surface area contributed by atoms with Crippen LogP contribution in [0.3, 0.4) is 0 Å². The fourth-order valence-electron chi connectivity index (χ4n) is 4.70. The van der Waals surface area contributed by atoms with Crippen molar-refractivity contribution in [2.75, 3.05) is 27.8 Å². The van der Waals surface area contributed by atoms with E-state index >= 15 is 0 Å². The minimum absolute atomic E-state index is 0.0346. The van der Waals surface area contributed by atoms with Gasteiger partial charge in [-0.15, -0.1) is 0 Å². The van der Waals surface area contributed by atoms with Crippen molar-refractivity contribution in [2.24, 2.45) is 11.8 Å². The van der Waals surface area contributed by atoms with Crippen LogP contribution in [-0.2, 0) is 5.41 Å². The normalized spacial score (nSPS) is 28.8. The lowest BCUT2D eigenvalue weighted by molar-refractivity contribution is 0.100. The molecule has 1 heterocycles. The second-order valence-electron chi connectivity index (χ2n) is 7.96. The molecular formula is C21H31NO3. The van der Waals surface area contributed by atoms with E-state index in [9.17, 15) is 5.11 Å². The minimum atomic E-state index is -0.355. The zero-order valence-electron chi connectivity index (χ0n) is 16.1. The summed E-state index contributed by atoms with van der Waals surface area (Å²) in [6.45, 7) is 5.48.